The Balaban J connectivity index is 1.86. The van der Waals surface area contributed by atoms with Crippen LogP contribution in [-0.4, -0.2) is 30.6 Å². The first-order valence-electron chi connectivity index (χ1n) is 7.37. The van der Waals surface area contributed by atoms with Crippen LogP contribution in [0.4, 0.5) is 10.1 Å². The van der Waals surface area contributed by atoms with Gasteiger partial charge >= 0.3 is 0 Å². The second-order valence-corrected chi connectivity index (χ2v) is 5.01. The highest BCUT2D eigenvalue weighted by Crippen LogP contribution is 2.26. The molecule has 0 fully saturated rings. The molecular weight excluding hydrogens is 327 g/mol. The Morgan fingerprint density at radius 3 is 2.72 bits per heavy atom. The maximum absolute atomic E-state index is 13.4. The van der Waals surface area contributed by atoms with Crippen LogP contribution in [0.3, 0.4) is 0 Å². The molecule has 2 aromatic carbocycles. The van der Waals surface area contributed by atoms with E-state index in [0.717, 1.165) is 0 Å². The van der Waals surface area contributed by atoms with Crippen molar-refractivity contribution in [1.82, 2.24) is 5.32 Å². The number of anilines is 1. The number of ether oxygens (including phenoxy) is 1. The van der Waals surface area contributed by atoms with Crippen molar-refractivity contribution in [1.29, 1.82) is 0 Å². The molecule has 0 atom stereocenters. The number of aromatic hydroxyl groups is 1. The fraction of sp³-hybridized carbons (Fsp3) is 0.111. The van der Waals surface area contributed by atoms with E-state index in [4.69, 9.17) is 4.74 Å². The quantitative estimate of drug-likeness (QED) is 0.702. The predicted octanol–water partition coefficient (Wildman–Crippen LogP) is 2.31. The van der Waals surface area contributed by atoms with Gasteiger partial charge in [-0.15, -0.1) is 0 Å². The first-order chi connectivity index (χ1) is 12.0. The number of hydrogen-bond donors (Lipinski definition) is 3. The monoisotopic (exact) mass is 344 g/mol. The van der Waals surface area contributed by atoms with Crippen molar-refractivity contribution in [2.24, 2.45) is 0 Å². The van der Waals surface area contributed by atoms with E-state index < -0.39 is 17.6 Å². The molecule has 2 rings (SSSR count). The smallest absolute Gasteiger partial charge is 0.244 e. The Hall–Kier alpha value is -3.35. The van der Waals surface area contributed by atoms with Gasteiger partial charge in [0.1, 0.15) is 5.82 Å². The zero-order chi connectivity index (χ0) is 18.2. The van der Waals surface area contributed by atoms with E-state index in [0.29, 0.717) is 5.56 Å². The Labute approximate surface area is 143 Å². The Kier molecular flexibility index (Phi) is 6.11. The standard InChI is InChI=1S/C18H17FN2O4/c1-25-16-10-12(6-8-15(16)22)7-9-17(23)20-11-18(24)21-14-5-3-2-4-13(14)19/h2-10,22H,11H2,1H3,(H,20,23)(H,21,24)/b9-7+. The molecule has 0 aliphatic heterocycles. The second kappa shape index (κ2) is 8.49. The molecule has 3 N–H and O–H groups in total. The number of rotatable bonds is 6. The summed E-state index contributed by atoms with van der Waals surface area (Å²) in [6.45, 7) is -0.295. The van der Waals surface area contributed by atoms with Gasteiger partial charge in [-0.25, -0.2) is 4.39 Å². The maximum Gasteiger partial charge on any atom is 0.244 e. The van der Waals surface area contributed by atoms with Crippen molar-refractivity contribution in [3.8, 4) is 11.5 Å². The largest absolute Gasteiger partial charge is 0.504 e. The van der Waals surface area contributed by atoms with Crippen LogP contribution in [0.5, 0.6) is 11.5 Å². The SMILES string of the molecule is COc1cc(/C=C/C(=O)NCC(=O)Nc2ccccc2F)ccc1O. The van der Waals surface area contributed by atoms with E-state index in [1.165, 1.54) is 43.5 Å². The number of methoxy groups -OCH3 is 1. The number of para-hydroxylation sites is 1. The number of amides is 2. The highest BCUT2D eigenvalue weighted by Gasteiger charge is 2.07. The average molecular weight is 344 g/mol. The lowest BCUT2D eigenvalue weighted by molar-refractivity contribution is -0.121. The Morgan fingerprint density at radius 2 is 2.00 bits per heavy atom. The van der Waals surface area contributed by atoms with Gasteiger partial charge in [-0.05, 0) is 35.9 Å². The molecule has 0 heterocycles. The van der Waals surface area contributed by atoms with Crippen LogP contribution in [0.15, 0.2) is 48.5 Å². The van der Waals surface area contributed by atoms with E-state index >= 15 is 0 Å². The molecule has 0 bridgehead atoms. The molecule has 0 saturated heterocycles. The van der Waals surface area contributed by atoms with Gasteiger partial charge in [-0.2, -0.15) is 0 Å². The Bertz CT molecular complexity index is 805. The number of phenolic OH excluding ortho intramolecular Hbond substituents is 1. The van der Waals surface area contributed by atoms with Crippen molar-refractivity contribution in [3.05, 3.63) is 59.9 Å². The lowest BCUT2D eigenvalue weighted by atomic mass is 10.2. The minimum absolute atomic E-state index is 0.00563. The van der Waals surface area contributed by atoms with Crippen LogP contribution >= 0.6 is 0 Å². The summed E-state index contributed by atoms with van der Waals surface area (Å²) in [6, 6.07) is 10.4. The van der Waals surface area contributed by atoms with E-state index in [1.807, 2.05) is 0 Å². The predicted molar refractivity (Wildman–Crippen MR) is 91.7 cm³/mol. The lowest BCUT2D eigenvalue weighted by Crippen LogP contribution is -2.31. The average Bonchev–Trinajstić information content (AvgIpc) is 2.61. The molecule has 0 spiro atoms. The van der Waals surface area contributed by atoms with Gasteiger partial charge < -0.3 is 20.5 Å². The molecule has 0 radical (unpaired) electrons. The third-order valence-electron chi connectivity index (χ3n) is 3.20. The van der Waals surface area contributed by atoms with Crippen LogP contribution in [0, 0.1) is 5.82 Å². The summed E-state index contributed by atoms with van der Waals surface area (Å²) in [5, 5.41) is 14.3. The minimum Gasteiger partial charge on any atom is -0.504 e. The van der Waals surface area contributed by atoms with E-state index in [9.17, 15) is 19.1 Å². The summed E-state index contributed by atoms with van der Waals surface area (Å²) >= 11 is 0. The van der Waals surface area contributed by atoms with Crippen LogP contribution in [0.2, 0.25) is 0 Å². The van der Waals surface area contributed by atoms with Crippen molar-refractivity contribution in [2.75, 3.05) is 19.0 Å². The van der Waals surface area contributed by atoms with E-state index in [1.54, 1.807) is 18.2 Å². The van der Waals surface area contributed by atoms with Crippen molar-refractivity contribution < 1.29 is 23.8 Å². The first kappa shape index (κ1) is 18.0. The Morgan fingerprint density at radius 1 is 1.24 bits per heavy atom. The van der Waals surface area contributed by atoms with Gasteiger partial charge in [0.15, 0.2) is 11.5 Å². The summed E-state index contributed by atoms with van der Waals surface area (Å²) in [7, 11) is 1.42. The normalized spacial score (nSPS) is 10.5. The summed E-state index contributed by atoms with van der Waals surface area (Å²) in [5.74, 6) is -1.31. The number of phenols is 1. The highest BCUT2D eigenvalue weighted by atomic mass is 19.1. The van der Waals surface area contributed by atoms with Crippen LogP contribution in [-0.2, 0) is 9.59 Å². The summed E-state index contributed by atoms with van der Waals surface area (Å²) in [5.41, 5.74) is 0.689. The number of nitrogens with one attached hydrogen (secondary N) is 2. The molecular formula is C18H17FN2O4. The van der Waals surface area contributed by atoms with Gasteiger partial charge in [-0.3, -0.25) is 9.59 Å². The van der Waals surface area contributed by atoms with Gasteiger partial charge in [0.05, 0.1) is 19.3 Å². The summed E-state index contributed by atoms with van der Waals surface area (Å²) in [6.07, 6.45) is 2.74. The number of benzene rings is 2. The fourth-order valence-corrected chi connectivity index (χ4v) is 1.95. The van der Waals surface area contributed by atoms with Crippen LogP contribution < -0.4 is 15.4 Å². The zero-order valence-electron chi connectivity index (χ0n) is 13.5. The first-order valence-corrected chi connectivity index (χ1v) is 7.37. The minimum atomic E-state index is -0.552. The third kappa shape index (κ3) is 5.35. The zero-order valence-corrected chi connectivity index (χ0v) is 13.5. The molecule has 0 aliphatic carbocycles. The van der Waals surface area contributed by atoms with Gasteiger partial charge in [0.2, 0.25) is 11.8 Å². The van der Waals surface area contributed by atoms with Crippen molar-refractivity contribution in [3.63, 3.8) is 0 Å². The fourth-order valence-electron chi connectivity index (χ4n) is 1.95. The second-order valence-electron chi connectivity index (χ2n) is 5.01. The molecule has 2 aromatic rings. The van der Waals surface area contributed by atoms with Gasteiger partial charge in [-0.1, -0.05) is 18.2 Å². The highest BCUT2D eigenvalue weighted by molar-refractivity contribution is 5.98. The molecule has 0 unspecified atom stereocenters. The maximum atomic E-state index is 13.4. The van der Waals surface area contributed by atoms with Crippen LogP contribution in [0.1, 0.15) is 5.56 Å². The lowest BCUT2D eigenvalue weighted by Gasteiger charge is -2.06. The van der Waals surface area contributed by atoms with Crippen molar-refractivity contribution in [2.45, 2.75) is 0 Å². The third-order valence-corrected chi connectivity index (χ3v) is 3.20. The van der Waals surface area contributed by atoms with E-state index in [2.05, 4.69) is 10.6 Å². The summed E-state index contributed by atoms with van der Waals surface area (Å²) in [4.78, 5) is 23.4. The van der Waals surface area contributed by atoms with Gasteiger partial charge in [0, 0.05) is 6.08 Å². The molecule has 130 valence electrons. The van der Waals surface area contributed by atoms with Crippen molar-refractivity contribution >= 4 is 23.6 Å². The molecule has 7 heteroatoms. The van der Waals surface area contributed by atoms with Crippen LogP contribution in [0.25, 0.3) is 6.08 Å². The number of hydrogen-bond acceptors (Lipinski definition) is 4. The molecule has 25 heavy (non-hydrogen) atoms. The van der Waals surface area contributed by atoms with Gasteiger partial charge in [0.25, 0.3) is 0 Å². The topological polar surface area (TPSA) is 87.7 Å². The van der Waals surface area contributed by atoms with E-state index in [-0.39, 0.29) is 23.7 Å². The molecule has 0 aliphatic rings. The molecule has 0 saturated carbocycles. The number of carbonyl (C=O) groups excluding carboxylic acids is 2. The number of carbonyl (C=O) groups is 2. The molecule has 6 nitrogen and oxygen atoms in total. The number of halogens is 1. The molecule has 2 amide bonds. The molecule has 0 aromatic heterocycles. The summed E-state index contributed by atoms with van der Waals surface area (Å²) < 4.78 is 18.4.